The summed E-state index contributed by atoms with van der Waals surface area (Å²) in [7, 11) is 0. The number of halogens is 1. The van der Waals surface area contributed by atoms with Crippen LogP contribution in [0.4, 0.5) is 10.2 Å². The number of aromatic amines is 1. The molecule has 32 heavy (non-hydrogen) atoms. The van der Waals surface area contributed by atoms with E-state index in [1.165, 1.54) is 12.1 Å². The molecule has 0 aliphatic heterocycles. The van der Waals surface area contributed by atoms with E-state index in [2.05, 4.69) is 46.6 Å². The van der Waals surface area contributed by atoms with Crippen LogP contribution >= 0.6 is 0 Å². The third-order valence-electron chi connectivity index (χ3n) is 6.46. The predicted octanol–water partition coefficient (Wildman–Crippen LogP) is 4.82. The van der Waals surface area contributed by atoms with Crippen molar-refractivity contribution in [3.05, 3.63) is 54.6 Å². The average molecular weight is 439 g/mol. The van der Waals surface area contributed by atoms with Crippen molar-refractivity contribution in [2.45, 2.75) is 45.6 Å². The SMILES string of the molecule is CCC(CNCCNc1cc(-c2cn[nH]c2-c2ccc(F)cc2)ccn1)C(N)(CC)CC. The van der Waals surface area contributed by atoms with Crippen molar-refractivity contribution >= 4 is 5.82 Å². The van der Waals surface area contributed by atoms with Crippen LogP contribution in [0, 0.1) is 11.7 Å². The number of rotatable bonds is 12. The smallest absolute Gasteiger partial charge is 0.126 e. The molecule has 0 radical (unpaired) electrons. The Kier molecular flexibility index (Phi) is 8.36. The molecule has 7 heteroatoms. The van der Waals surface area contributed by atoms with Crippen molar-refractivity contribution in [3.63, 3.8) is 0 Å². The minimum atomic E-state index is -0.259. The summed E-state index contributed by atoms with van der Waals surface area (Å²) in [4.78, 5) is 4.44. The Bertz CT molecular complexity index is 965. The summed E-state index contributed by atoms with van der Waals surface area (Å²) in [5.41, 5.74) is 10.2. The molecule has 172 valence electrons. The third kappa shape index (κ3) is 5.72. The van der Waals surface area contributed by atoms with Gasteiger partial charge in [0.15, 0.2) is 0 Å². The summed E-state index contributed by atoms with van der Waals surface area (Å²) in [6.45, 7) is 9.07. The number of pyridine rings is 1. The second-order valence-corrected chi connectivity index (χ2v) is 8.27. The van der Waals surface area contributed by atoms with Crippen LogP contribution in [0.25, 0.3) is 22.4 Å². The zero-order chi connectivity index (χ0) is 23.0. The molecule has 0 saturated carbocycles. The predicted molar refractivity (Wildman–Crippen MR) is 130 cm³/mol. The lowest BCUT2D eigenvalue weighted by Gasteiger charge is -2.36. The van der Waals surface area contributed by atoms with E-state index in [0.717, 1.165) is 67.1 Å². The third-order valence-corrected chi connectivity index (χ3v) is 6.46. The summed E-state index contributed by atoms with van der Waals surface area (Å²) >= 11 is 0. The number of hydrogen-bond acceptors (Lipinski definition) is 5. The molecule has 3 aromatic rings. The Morgan fingerprint density at radius 2 is 1.81 bits per heavy atom. The van der Waals surface area contributed by atoms with E-state index in [9.17, 15) is 4.39 Å². The highest BCUT2D eigenvalue weighted by atomic mass is 19.1. The van der Waals surface area contributed by atoms with Crippen LogP contribution in [0.5, 0.6) is 0 Å². The first-order chi connectivity index (χ1) is 15.5. The van der Waals surface area contributed by atoms with Gasteiger partial charge in [0.25, 0.3) is 0 Å². The van der Waals surface area contributed by atoms with Crippen LogP contribution < -0.4 is 16.4 Å². The molecular weight excluding hydrogens is 403 g/mol. The summed E-state index contributed by atoms with van der Waals surface area (Å²) in [5.74, 6) is 1.01. The average Bonchev–Trinajstić information content (AvgIpc) is 3.31. The number of nitrogens with zero attached hydrogens (tertiary/aromatic N) is 2. The standard InChI is InChI=1S/C25H35FN6/c1-4-20(25(27,5-2)6-3)16-28-13-14-30-23-15-19(11-12-29-23)22-17-31-32-24(22)18-7-9-21(26)10-8-18/h7-12,15,17,20,28H,4-6,13-14,16,27H2,1-3H3,(H,29,30)(H,31,32). The quantitative estimate of drug-likeness (QED) is 0.304. The van der Waals surface area contributed by atoms with Gasteiger partial charge in [-0.05, 0) is 67.3 Å². The fourth-order valence-corrected chi connectivity index (χ4v) is 4.17. The Labute approximate surface area is 190 Å². The first kappa shape index (κ1) is 23.9. The number of nitrogens with one attached hydrogen (secondary N) is 3. The van der Waals surface area contributed by atoms with Crippen molar-refractivity contribution in [1.29, 1.82) is 0 Å². The molecule has 0 aliphatic carbocycles. The Morgan fingerprint density at radius 3 is 2.50 bits per heavy atom. The largest absolute Gasteiger partial charge is 0.369 e. The number of anilines is 1. The zero-order valence-corrected chi connectivity index (χ0v) is 19.3. The van der Waals surface area contributed by atoms with Gasteiger partial charge in [-0.2, -0.15) is 5.10 Å². The molecule has 0 aliphatic rings. The first-order valence-electron chi connectivity index (χ1n) is 11.5. The maximum absolute atomic E-state index is 13.3. The first-order valence-corrected chi connectivity index (χ1v) is 11.5. The summed E-state index contributed by atoms with van der Waals surface area (Å²) in [6.07, 6.45) is 6.62. The van der Waals surface area contributed by atoms with Crippen LogP contribution in [0.3, 0.4) is 0 Å². The number of H-pyrrole nitrogens is 1. The van der Waals surface area contributed by atoms with E-state index in [1.54, 1.807) is 24.5 Å². The van der Waals surface area contributed by atoms with Crippen molar-refractivity contribution in [2.75, 3.05) is 25.0 Å². The molecule has 5 N–H and O–H groups in total. The Morgan fingerprint density at radius 1 is 1.06 bits per heavy atom. The lowest BCUT2D eigenvalue weighted by atomic mass is 9.78. The zero-order valence-electron chi connectivity index (χ0n) is 19.3. The Balaban J connectivity index is 1.58. The molecule has 1 unspecified atom stereocenters. The van der Waals surface area contributed by atoms with E-state index in [1.807, 2.05) is 12.1 Å². The van der Waals surface area contributed by atoms with Gasteiger partial charge >= 0.3 is 0 Å². The van der Waals surface area contributed by atoms with Crippen LogP contribution in [-0.2, 0) is 0 Å². The summed E-state index contributed by atoms with van der Waals surface area (Å²) in [6, 6.07) is 10.3. The normalized spacial score (nSPS) is 12.7. The van der Waals surface area contributed by atoms with Gasteiger partial charge in [-0.3, -0.25) is 5.10 Å². The molecule has 0 spiro atoms. The van der Waals surface area contributed by atoms with E-state index in [0.29, 0.717) is 5.92 Å². The second-order valence-electron chi connectivity index (χ2n) is 8.27. The fourth-order valence-electron chi connectivity index (χ4n) is 4.17. The van der Waals surface area contributed by atoms with Crippen molar-refractivity contribution in [3.8, 4) is 22.4 Å². The molecule has 0 bridgehead atoms. The monoisotopic (exact) mass is 438 g/mol. The van der Waals surface area contributed by atoms with Gasteiger partial charge in [-0.1, -0.05) is 27.2 Å². The molecule has 6 nitrogen and oxygen atoms in total. The second kappa shape index (κ2) is 11.2. The minimum Gasteiger partial charge on any atom is -0.369 e. The highest BCUT2D eigenvalue weighted by Gasteiger charge is 2.29. The lowest BCUT2D eigenvalue weighted by Crippen LogP contribution is -2.50. The van der Waals surface area contributed by atoms with Crippen LogP contribution in [0.1, 0.15) is 40.0 Å². The molecule has 0 fully saturated rings. The van der Waals surface area contributed by atoms with E-state index in [4.69, 9.17) is 5.73 Å². The molecule has 2 heterocycles. The summed E-state index contributed by atoms with van der Waals surface area (Å²) < 4.78 is 13.3. The molecule has 3 rings (SSSR count). The van der Waals surface area contributed by atoms with Crippen molar-refractivity contribution < 1.29 is 4.39 Å². The highest BCUT2D eigenvalue weighted by Crippen LogP contribution is 2.31. The number of aromatic nitrogens is 3. The maximum atomic E-state index is 13.3. The number of benzene rings is 1. The van der Waals surface area contributed by atoms with Crippen LogP contribution in [-0.4, -0.2) is 40.4 Å². The topological polar surface area (TPSA) is 91.6 Å². The van der Waals surface area contributed by atoms with Crippen molar-refractivity contribution in [2.24, 2.45) is 11.7 Å². The van der Waals surface area contributed by atoms with Gasteiger partial charge in [0.2, 0.25) is 0 Å². The van der Waals surface area contributed by atoms with Crippen LogP contribution in [0.15, 0.2) is 48.8 Å². The molecular formula is C25H35FN6. The van der Waals surface area contributed by atoms with E-state index in [-0.39, 0.29) is 11.4 Å². The minimum absolute atomic E-state index is 0.0993. The Hall–Kier alpha value is -2.77. The fraction of sp³-hybridized carbons (Fsp3) is 0.440. The highest BCUT2D eigenvalue weighted by molar-refractivity contribution is 5.81. The van der Waals surface area contributed by atoms with Gasteiger partial charge in [-0.15, -0.1) is 0 Å². The molecule has 0 amide bonds. The molecule has 1 aromatic carbocycles. The van der Waals surface area contributed by atoms with Gasteiger partial charge in [0, 0.05) is 36.0 Å². The van der Waals surface area contributed by atoms with Gasteiger partial charge in [0.05, 0.1) is 11.9 Å². The molecule has 0 saturated heterocycles. The van der Waals surface area contributed by atoms with Gasteiger partial charge in [0.1, 0.15) is 11.6 Å². The van der Waals surface area contributed by atoms with E-state index < -0.39 is 0 Å². The van der Waals surface area contributed by atoms with Gasteiger partial charge < -0.3 is 16.4 Å². The number of nitrogens with two attached hydrogens (primary N) is 1. The van der Waals surface area contributed by atoms with Crippen molar-refractivity contribution in [1.82, 2.24) is 20.5 Å². The summed E-state index contributed by atoms with van der Waals surface area (Å²) in [5, 5.41) is 14.1. The number of hydrogen-bond donors (Lipinski definition) is 4. The van der Waals surface area contributed by atoms with Crippen LogP contribution in [0.2, 0.25) is 0 Å². The lowest BCUT2D eigenvalue weighted by molar-refractivity contribution is 0.237. The van der Waals surface area contributed by atoms with Gasteiger partial charge in [-0.25, -0.2) is 9.37 Å². The maximum Gasteiger partial charge on any atom is 0.126 e. The van der Waals surface area contributed by atoms with E-state index >= 15 is 0 Å². The molecule has 1 atom stereocenters. The molecule has 2 aromatic heterocycles.